The van der Waals surface area contributed by atoms with Crippen molar-refractivity contribution in [1.29, 1.82) is 0 Å². The van der Waals surface area contributed by atoms with E-state index in [9.17, 15) is 0 Å². The molecule has 0 aliphatic heterocycles. The van der Waals surface area contributed by atoms with Crippen LogP contribution in [0.3, 0.4) is 0 Å². The zero-order chi connectivity index (χ0) is 19.5. The van der Waals surface area contributed by atoms with E-state index in [-0.39, 0.29) is 0 Å². The predicted octanol–water partition coefficient (Wildman–Crippen LogP) is 4.92. The number of hydrogen-bond donors (Lipinski definition) is 2. The quantitative estimate of drug-likeness (QED) is 0.405. The van der Waals surface area contributed by atoms with Gasteiger partial charge in [0.1, 0.15) is 5.03 Å². The minimum Gasteiger partial charge on any atom is -0.332 e. The summed E-state index contributed by atoms with van der Waals surface area (Å²) < 4.78 is 2.96. The number of aromatic amines is 1. The molecule has 10 heteroatoms. The van der Waals surface area contributed by atoms with Crippen LogP contribution in [0.25, 0.3) is 16.9 Å². The second-order valence-electron chi connectivity index (χ2n) is 5.84. The van der Waals surface area contributed by atoms with E-state index in [4.69, 9.17) is 4.98 Å². The van der Waals surface area contributed by atoms with Gasteiger partial charge in [-0.2, -0.15) is 5.10 Å². The summed E-state index contributed by atoms with van der Waals surface area (Å²) in [5, 5.41) is 14.0. The van der Waals surface area contributed by atoms with Crippen LogP contribution >= 0.6 is 34.9 Å². The number of imidazole rings is 1. The fraction of sp³-hybridized carbons (Fsp3) is 0.111. The van der Waals surface area contributed by atoms with Crippen LogP contribution in [-0.2, 0) is 0 Å². The first-order valence-corrected chi connectivity index (χ1v) is 11.2. The third-order valence-corrected chi connectivity index (χ3v) is 6.15. The maximum absolute atomic E-state index is 4.79. The van der Waals surface area contributed by atoms with Gasteiger partial charge in [-0.1, -0.05) is 12.2 Å². The van der Waals surface area contributed by atoms with Crippen LogP contribution in [0.5, 0.6) is 0 Å². The topological polar surface area (TPSA) is 83.8 Å². The molecule has 4 aromatic rings. The lowest BCUT2D eigenvalue weighted by Gasteiger charge is -2.11. The Morgan fingerprint density at radius 3 is 2.93 bits per heavy atom. The Kier molecular flexibility index (Phi) is 5.51. The number of nitrogens with one attached hydrogen (secondary N) is 2. The molecule has 4 aromatic heterocycles. The Labute approximate surface area is 174 Å². The molecule has 0 aliphatic carbocycles. The molecule has 0 saturated heterocycles. The second-order valence-corrected chi connectivity index (χ2v) is 8.85. The molecule has 142 valence electrons. The van der Waals surface area contributed by atoms with Gasteiger partial charge in [-0.15, -0.1) is 23.1 Å². The minimum atomic E-state index is 0.679. The van der Waals surface area contributed by atoms with Crippen LogP contribution < -0.4 is 5.32 Å². The van der Waals surface area contributed by atoms with Gasteiger partial charge in [0.15, 0.2) is 15.8 Å². The molecule has 4 rings (SSSR count). The van der Waals surface area contributed by atoms with Crippen molar-refractivity contribution in [3.8, 4) is 11.3 Å². The molecule has 2 N–H and O–H groups in total. The van der Waals surface area contributed by atoms with Gasteiger partial charge in [0.25, 0.3) is 0 Å². The molecular weight excluding hydrogens is 410 g/mol. The smallest absolute Gasteiger partial charge is 0.181 e. The molecule has 0 radical (unpaired) electrons. The highest BCUT2D eigenvalue weighted by atomic mass is 32.2. The average Bonchev–Trinajstić information content (AvgIpc) is 3.41. The highest BCUT2D eigenvalue weighted by Crippen LogP contribution is 2.32. The summed E-state index contributed by atoms with van der Waals surface area (Å²) in [4.78, 5) is 13.7. The fourth-order valence-electron chi connectivity index (χ4n) is 2.54. The van der Waals surface area contributed by atoms with E-state index in [0.717, 1.165) is 36.9 Å². The second kappa shape index (κ2) is 8.21. The molecule has 0 bridgehead atoms. The highest BCUT2D eigenvalue weighted by Gasteiger charge is 2.15. The van der Waals surface area contributed by atoms with Crippen molar-refractivity contribution in [2.45, 2.75) is 16.3 Å². The van der Waals surface area contributed by atoms with Crippen LogP contribution in [0.2, 0.25) is 0 Å². The zero-order valence-electron chi connectivity index (χ0n) is 15.2. The molecule has 0 aliphatic rings. The molecule has 0 atom stereocenters. The van der Waals surface area contributed by atoms with Crippen molar-refractivity contribution >= 4 is 46.3 Å². The molecule has 0 amide bonds. The fourth-order valence-corrected chi connectivity index (χ4v) is 4.62. The third kappa shape index (κ3) is 3.98. The van der Waals surface area contributed by atoms with Gasteiger partial charge in [0.2, 0.25) is 0 Å². The molecule has 0 unspecified atom stereocenters. The molecular formula is C18H17N7S3. The Bertz CT molecular complexity index is 1130. The van der Waals surface area contributed by atoms with Crippen LogP contribution in [-0.4, -0.2) is 35.8 Å². The van der Waals surface area contributed by atoms with E-state index in [1.54, 1.807) is 35.5 Å². The summed E-state index contributed by atoms with van der Waals surface area (Å²) in [6, 6.07) is 0. The van der Waals surface area contributed by atoms with Crippen molar-refractivity contribution in [1.82, 2.24) is 29.5 Å². The number of hydrogen-bond acceptors (Lipinski definition) is 8. The van der Waals surface area contributed by atoms with Gasteiger partial charge in [0, 0.05) is 29.5 Å². The molecule has 4 heterocycles. The van der Waals surface area contributed by atoms with Gasteiger partial charge in [-0.05, 0) is 31.0 Å². The zero-order valence-corrected chi connectivity index (χ0v) is 17.7. The first kappa shape index (κ1) is 18.8. The van der Waals surface area contributed by atoms with Crippen LogP contribution in [0.15, 0.2) is 69.0 Å². The van der Waals surface area contributed by atoms with Crippen LogP contribution in [0.4, 0.5) is 5.82 Å². The average molecular weight is 428 g/mol. The normalized spacial score (nSPS) is 11.9. The summed E-state index contributed by atoms with van der Waals surface area (Å²) in [6.07, 6.45) is 13.2. The minimum absolute atomic E-state index is 0.679. The number of aromatic nitrogens is 6. The molecule has 0 spiro atoms. The Morgan fingerprint density at radius 1 is 1.36 bits per heavy atom. The number of thioether (sulfide) groups is 1. The Balaban J connectivity index is 1.83. The van der Waals surface area contributed by atoms with Crippen molar-refractivity contribution in [2.24, 2.45) is 0 Å². The number of rotatable bonds is 7. The van der Waals surface area contributed by atoms with E-state index >= 15 is 0 Å². The molecule has 0 saturated carbocycles. The van der Waals surface area contributed by atoms with E-state index in [2.05, 4.69) is 32.1 Å². The number of fused-ring (bicyclic) bond motifs is 1. The van der Waals surface area contributed by atoms with Gasteiger partial charge in [-0.3, -0.25) is 9.50 Å². The summed E-state index contributed by atoms with van der Waals surface area (Å²) in [7, 11) is 0. The summed E-state index contributed by atoms with van der Waals surface area (Å²) in [5.41, 5.74) is 3.59. The highest BCUT2D eigenvalue weighted by molar-refractivity contribution is 8.02. The van der Waals surface area contributed by atoms with Crippen molar-refractivity contribution in [2.75, 3.05) is 11.6 Å². The Hall–Kier alpha value is -2.56. The van der Waals surface area contributed by atoms with Crippen LogP contribution in [0, 0.1) is 0 Å². The predicted molar refractivity (Wildman–Crippen MR) is 117 cm³/mol. The number of allylic oxidation sites excluding steroid dienone is 2. The summed E-state index contributed by atoms with van der Waals surface area (Å²) in [5.74, 6) is 0.679. The van der Waals surface area contributed by atoms with Crippen molar-refractivity contribution < 1.29 is 0 Å². The monoisotopic (exact) mass is 427 g/mol. The van der Waals surface area contributed by atoms with Gasteiger partial charge in [0.05, 0.1) is 23.1 Å². The van der Waals surface area contributed by atoms with Crippen LogP contribution in [0.1, 0.15) is 6.92 Å². The number of anilines is 1. The lowest BCUT2D eigenvalue weighted by atomic mass is 10.3. The summed E-state index contributed by atoms with van der Waals surface area (Å²) >= 11 is 4.70. The van der Waals surface area contributed by atoms with Crippen molar-refractivity contribution in [3.63, 3.8) is 0 Å². The number of thiazole rings is 1. The maximum Gasteiger partial charge on any atom is 0.181 e. The number of H-pyrrole nitrogens is 1. The first-order chi connectivity index (χ1) is 13.6. The Morgan fingerprint density at radius 2 is 2.25 bits per heavy atom. The standard InChI is InChI=1S/C18H17N7S3/c1-11(2)6-14(26-3)23-16-17-20-9-13(12-7-21-22-8-12)25(17)10-15(24-16)28-18-19-4-5-27-18/h4-10H,1H2,2-3H3,(H,21,22)(H,23,24)/b14-6-. The van der Waals surface area contributed by atoms with E-state index < -0.39 is 0 Å². The molecule has 0 aromatic carbocycles. The van der Waals surface area contributed by atoms with Gasteiger partial charge in [-0.25, -0.2) is 15.0 Å². The molecule has 7 nitrogen and oxygen atoms in total. The largest absolute Gasteiger partial charge is 0.332 e. The van der Waals surface area contributed by atoms with E-state index in [0.29, 0.717) is 5.82 Å². The van der Waals surface area contributed by atoms with E-state index in [1.165, 1.54) is 11.8 Å². The maximum atomic E-state index is 4.79. The summed E-state index contributed by atoms with van der Waals surface area (Å²) in [6.45, 7) is 5.92. The lowest BCUT2D eigenvalue weighted by molar-refractivity contribution is 1.02. The van der Waals surface area contributed by atoms with E-state index in [1.807, 2.05) is 47.6 Å². The van der Waals surface area contributed by atoms with Gasteiger partial charge >= 0.3 is 0 Å². The molecule has 28 heavy (non-hydrogen) atoms. The van der Waals surface area contributed by atoms with Gasteiger partial charge < -0.3 is 5.32 Å². The first-order valence-electron chi connectivity index (χ1n) is 8.27. The third-order valence-electron chi connectivity index (χ3n) is 3.70. The van der Waals surface area contributed by atoms with Crippen molar-refractivity contribution in [3.05, 3.63) is 59.6 Å². The lowest BCUT2D eigenvalue weighted by Crippen LogP contribution is -2.03. The molecule has 0 fully saturated rings. The SMILES string of the molecule is C=C(C)/C=C(/Nc1nc(Sc2nccs2)cn2c(-c3cn[nH]c3)cnc12)SC. The number of nitrogens with zero attached hydrogens (tertiary/aromatic N) is 5.